The summed E-state index contributed by atoms with van der Waals surface area (Å²) >= 11 is 0. The molecule has 0 spiro atoms. The maximum absolute atomic E-state index is 13.3. The number of nitrogens with one attached hydrogen (secondary N) is 1. The molecule has 1 aromatic heterocycles. The number of rotatable bonds is 4. The molecule has 3 rings (SSSR count). The van der Waals surface area contributed by atoms with Crippen LogP contribution in [0.3, 0.4) is 0 Å². The summed E-state index contributed by atoms with van der Waals surface area (Å²) in [7, 11) is 0. The SMILES string of the molecule is C[C@@H](Nc1ncnc2cc(OC(F)(F)F)ccc12)C(=O)N1CCC(F)(F)C1. The number of benzene rings is 1. The number of nitrogens with zero attached hydrogens (tertiary/aromatic N) is 3. The standard InChI is InChI=1S/C16H15F5N4O2/c1-9(14(26)25-5-4-15(17,18)7-25)24-13-11-3-2-10(27-16(19,20)21)6-12(11)22-8-23-13/h2-3,6,8-9H,4-5,7H2,1H3,(H,22,23,24)/t9-/m1/s1. The molecule has 0 bridgehead atoms. The molecule has 1 aliphatic heterocycles. The fourth-order valence-electron chi connectivity index (χ4n) is 2.81. The van der Waals surface area contributed by atoms with Gasteiger partial charge in [0.15, 0.2) is 0 Å². The molecule has 0 aliphatic carbocycles. The summed E-state index contributed by atoms with van der Waals surface area (Å²) in [6.07, 6.45) is -4.10. The van der Waals surface area contributed by atoms with E-state index < -0.39 is 36.5 Å². The minimum Gasteiger partial charge on any atom is -0.406 e. The monoisotopic (exact) mass is 390 g/mol. The highest BCUT2D eigenvalue weighted by Gasteiger charge is 2.41. The maximum atomic E-state index is 13.3. The van der Waals surface area contributed by atoms with Crippen molar-refractivity contribution in [3.05, 3.63) is 24.5 Å². The van der Waals surface area contributed by atoms with Gasteiger partial charge in [0.2, 0.25) is 5.91 Å². The van der Waals surface area contributed by atoms with E-state index in [1.54, 1.807) is 0 Å². The van der Waals surface area contributed by atoms with Crippen molar-refractivity contribution in [3.8, 4) is 5.75 Å². The molecule has 1 saturated heterocycles. The number of carbonyl (C=O) groups is 1. The lowest BCUT2D eigenvalue weighted by atomic mass is 10.2. The zero-order valence-electron chi connectivity index (χ0n) is 14.1. The number of amides is 1. The van der Waals surface area contributed by atoms with Gasteiger partial charge in [-0.2, -0.15) is 0 Å². The van der Waals surface area contributed by atoms with E-state index >= 15 is 0 Å². The second-order valence-electron chi connectivity index (χ2n) is 6.18. The Bertz CT molecular complexity index is 858. The number of aromatic nitrogens is 2. The first-order chi connectivity index (χ1) is 12.5. The van der Waals surface area contributed by atoms with E-state index in [1.807, 2.05) is 0 Å². The summed E-state index contributed by atoms with van der Waals surface area (Å²) in [5.41, 5.74) is 0.168. The number of hydrogen-bond acceptors (Lipinski definition) is 5. The van der Waals surface area contributed by atoms with Gasteiger partial charge >= 0.3 is 6.36 Å². The number of ether oxygens (including phenoxy) is 1. The predicted molar refractivity (Wildman–Crippen MR) is 85.4 cm³/mol. The molecule has 1 fully saturated rings. The quantitative estimate of drug-likeness (QED) is 0.813. The van der Waals surface area contributed by atoms with Gasteiger partial charge in [0.25, 0.3) is 5.92 Å². The van der Waals surface area contributed by atoms with Crippen LogP contribution in [0, 0.1) is 0 Å². The topological polar surface area (TPSA) is 67.4 Å². The molecule has 146 valence electrons. The van der Waals surface area contributed by atoms with E-state index in [0.717, 1.165) is 23.4 Å². The second-order valence-corrected chi connectivity index (χ2v) is 6.18. The Kier molecular flexibility index (Phi) is 4.79. The van der Waals surface area contributed by atoms with Crippen molar-refractivity contribution in [2.75, 3.05) is 18.4 Å². The smallest absolute Gasteiger partial charge is 0.406 e. The molecular formula is C16H15F5N4O2. The summed E-state index contributed by atoms with van der Waals surface area (Å²) < 4.78 is 67.4. The third-order valence-corrected chi connectivity index (χ3v) is 4.05. The first-order valence-electron chi connectivity index (χ1n) is 7.98. The van der Waals surface area contributed by atoms with Crippen molar-refractivity contribution in [3.63, 3.8) is 0 Å². The van der Waals surface area contributed by atoms with Crippen molar-refractivity contribution >= 4 is 22.6 Å². The highest BCUT2D eigenvalue weighted by molar-refractivity contribution is 5.92. The molecule has 1 aromatic carbocycles. The van der Waals surface area contributed by atoms with Gasteiger partial charge in [-0.15, -0.1) is 13.2 Å². The lowest BCUT2D eigenvalue weighted by molar-refractivity contribution is -0.274. The fourth-order valence-corrected chi connectivity index (χ4v) is 2.81. The molecular weight excluding hydrogens is 375 g/mol. The van der Waals surface area contributed by atoms with Crippen molar-refractivity contribution < 1.29 is 31.5 Å². The Morgan fingerprint density at radius 1 is 1.33 bits per heavy atom. The van der Waals surface area contributed by atoms with Gasteiger partial charge in [-0.1, -0.05) is 0 Å². The number of likely N-dealkylation sites (tertiary alicyclic amines) is 1. The third kappa shape index (κ3) is 4.52. The molecule has 2 heterocycles. The molecule has 27 heavy (non-hydrogen) atoms. The summed E-state index contributed by atoms with van der Waals surface area (Å²) in [5, 5.41) is 3.17. The molecule has 1 amide bonds. The molecule has 6 nitrogen and oxygen atoms in total. The number of carbonyl (C=O) groups excluding carboxylic acids is 1. The van der Waals surface area contributed by atoms with Crippen LogP contribution in [0.2, 0.25) is 0 Å². The molecule has 1 atom stereocenters. The van der Waals surface area contributed by atoms with Crippen LogP contribution in [0.4, 0.5) is 27.8 Å². The van der Waals surface area contributed by atoms with Gasteiger partial charge in [0.05, 0.1) is 12.1 Å². The van der Waals surface area contributed by atoms with E-state index in [4.69, 9.17) is 0 Å². The zero-order valence-corrected chi connectivity index (χ0v) is 14.1. The number of alkyl halides is 5. The summed E-state index contributed by atoms with van der Waals surface area (Å²) in [6, 6.07) is 2.64. The average molecular weight is 390 g/mol. The van der Waals surface area contributed by atoms with Gasteiger partial charge in [0.1, 0.15) is 23.9 Å². The molecule has 2 aromatic rings. The summed E-state index contributed by atoms with van der Waals surface area (Å²) in [6.45, 7) is 0.814. The lowest BCUT2D eigenvalue weighted by Gasteiger charge is -2.22. The number of hydrogen-bond donors (Lipinski definition) is 1. The minimum atomic E-state index is -4.83. The Labute approximate surface area is 150 Å². The van der Waals surface area contributed by atoms with Crippen molar-refractivity contribution in [1.29, 1.82) is 0 Å². The van der Waals surface area contributed by atoms with Crippen LogP contribution in [-0.4, -0.2) is 52.2 Å². The van der Waals surface area contributed by atoms with Crippen LogP contribution in [0.25, 0.3) is 10.9 Å². The van der Waals surface area contributed by atoms with Crippen molar-refractivity contribution in [2.24, 2.45) is 0 Å². The summed E-state index contributed by atoms with van der Waals surface area (Å²) in [5.74, 6) is -3.66. The molecule has 1 aliphatic rings. The van der Waals surface area contributed by atoms with Crippen LogP contribution in [0.1, 0.15) is 13.3 Å². The van der Waals surface area contributed by atoms with Crippen LogP contribution in [0.5, 0.6) is 5.75 Å². The van der Waals surface area contributed by atoms with E-state index in [0.29, 0.717) is 5.39 Å². The first kappa shape index (κ1) is 19.1. The first-order valence-corrected chi connectivity index (χ1v) is 7.98. The normalized spacial score (nSPS) is 17.8. The van der Waals surface area contributed by atoms with E-state index in [9.17, 15) is 26.7 Å². The summed E-state index contributed by atoms with van der Waals surface area (Å²) in [4.78, 5) is 21.3. The average Bonchev–Trinajstić information content (AvgIpc) is 2.92. The highest BCUT2D eigenvalue weighted by atomic mass is 19.4. The molecule has 0 saturated carbocycles. The molecule has 0 radical (unpaired) electrons. The van der Waals surface area contributed by atoms with Gasteiger partial charge in [-0.25, -0.2) is 18.7 Å². The van der Waals surface area contributed by atoms with Gasteiger partial charge in [-0.05, 0) is 19.1 Å². The van der Waals surface area contributed by atoms with Gasteiger partial charge < -0.3 is 15.0 Å². The van der Waals surface area contributed by atoms with E-state index in [-0.39, 0.29) is 24.3 Å². The number of fused-ring (bicyclic) bond motifs is 1. The lowest BCUT2D eigenvalue weighted by Crippen LogP contribution is -2.41. The van der Waals surface area contributed by atoms with E-state index in [2.05, 4.69) is 20.0 Å². The highest BCUT2D eigenvalue weighted by Crippen LogP contribution is 2.29. The minimum absolute atomic E-state index is 0.0412. The van der Waals surface area contributed by atoms with E-state index in [1.165, 1.54) is 13.0 Å². The molecule has 0 unspecified atom stereocenters. The second kappa shape index (κ2) is 6.78. The van der Waals surface area contributed by atoms with Crippen LogP contribution < -0.4 is 10.1 Å². The Morgan fingerprint density at radius 2 is 2.07 bits per heavy atom. The van der Waals surface area contributed by atoms with Crippen molar-refractivity contribution in [1.82, 2.24) is 14.9 Å². The van der Waals surface area contributed by atoms with Crippen LogP contribution in [-0.2, 0) is 4.79 Å². The Morgan fingerprint density at radius 3 is 2.70 bits per heavy atom. The van der Waals surface area contributed by atoms with Crippen LogP contribution >= 0.6 is 0 Å². The fraction of sp³-hybridized carbons (Fsp3) is 0.438. The number of halogens is 5. The molecule has 1 N–H and O–H groups in total. The number of anilines is 1. The predicted octanol–water partition coefficient (Wildman–Crippen LogP) is 3.20. The Balaban J connectivity index is 1.77. The van der Waals surface area contributed by atoms with Crippen LogP contribution in [0.15, 0.2) is 24.5 Å². The third-order valence-electron chi connectivity index (χ3n) is 4.05. The Hall–Kier alpha value is -2.72. The van der Waals surface area contributed by atoms with Gasteiger partial charge in [-0.3, -0.25) is 4.79 Å². The van der Waals surface area contributed by atoms with Gasteiger partial charge in [0, 0.05) is 24.4 Å². The zero-order chi connectivity index (χ0) is 19.8. The maximum Gasteiger partial charge on any atom is 0.573 e. The molecule has 11 heteroatoms. The van der Waals surface area contributed by atoms with Crippen molar-refractivity contribution in [2.45, 2.75) is 31.7 Å². The largest absolute Gasteiger partial charge is 0.573 e.